The van der Waals surface area contributed by atoms with E-state index in [9.17, 15) is 9.90 Å². The molecule has 3 fully saturated rings. The topological polar surface area (TPSA) is 57.5 Å². The predicted octanol–water partition coefficient (Wildman–Crippen LogP) is 5.43. The van der Waals surface area contributed by atoms with Crippen LogP contribution in [0.25, 0.3) is 0 Å². The minimum atomic E-state index is -0.650. The summed E-state index contributed by atoms with van der Waals surface area (Å²) in [4.78, 5) is 11.0. The molecule has 4 aliphatic carbocycles. The van der Waals surface area contributed by atoms with Crippen molar-refractivity contribution in [3.05, 3.63) is 11.6 Å². The quantitative estimate of drug-likeness (QED) is 0.423. The molecule has 0 amide bonds. The van der Waals surface area contributed by atoms with Crippen LogP contribution in [-0.4, -0.2) is 22.3 Å². The van der Waals surface area contributed by atoms with Crippen molar-refractivity contribution in [3.8, 4) is 0 Å². The maximum Gasteiger partial charge on any atom is 0.303 e. The molecule has 2 N–H and O–H groups in total. The second-order valence-electron chi connectivity index (χ2n) is 10.8. The van der Waals surface area contributed by atoms with E-state index >= 15 is 0 Å². The summed E-state index contributed by atoms with van der Waals surface area (Å²) in [6, 6.07) is 0. The molecule has 3 saturated carbocycles. The fourth-order valence-corrected chi connectivity index (χ4v) is 8.17. The van der Waals surface area contributed by atoms with Crippen LogP contribution in [0, 0.1) is 84.5 Å². The molecule has 4 rings (SSSR count). The number of allylic oxidation sites excluding steroid dienone is 1. The largest absolute Gasteiger partial charge is 0.481 e. The van der Waals surface area contributed by atoms with Crippen LogP contribution in [0.4, 0.5) is 0 Å². The Morgan fingerprint density at radius 3 is 2.64 bits per heavy atom. The number of aliphatic hydroxyl groups is 1. The second kappa shape index (κ2) is 8.63. The molecule has 4 heteroatoms. The van der Waals surface area contributed by atoms with Crippen molar-refractivity contribution in [3.63, 3.8) is 0 Å². The standard InChI is InChI=1S/C24H38O3.Ac/c1-15(4-9-22(26)27)19-7-8-20-18-6-5-16-14-17(25)10-12-23(16,2)21(18)11-13-24(19,20)3;/h5,15,17-21,25H,4,6-14H2,1-3H3,(H,26,27);. The summed E-state index contributed by atoms with van der Waals surface area (Å²) in [6.07, 6.45) is 13.0. The van der Waals surface area contributed by atoms with Gasteiger partial charge in [-0.05, 0) is 98.2 Å². The molecule has 0 aromatic heterocycles. The van der Waals surface area contributed by atoms with Crippen LogP contribution >= 0.6 is 0 Å². The minimum absolute atomic E-state index is 0. The fourth-order valence-electron chi connectivity index (χ4n) is 8.17. The Hall–Kier alpha value is 0.612. The van der Waals surface area contributed by atoms with Gasteiger partial charge in [0.15, 0.2) is 0 Å². The zero-order chi connectivity index (χ0) is 19.4. The average molecular weight is 602 g/mol. The van der Waals surface area contributed by atoms with Crippen LogP contribution in [-0.2, 0) is 4.79 Å². The molecular formula is C24H38AcO3. The Morgan fingerprint density at radius 2 is 1.93 bits per heavy atom. The molecule has 4 aliphatic rings. The van der Waals surface area contributed by atoms with Crippen LogP contribution in [0.15, 0.2) is 11.6 Å². The van der Waals surface area contributed by atoms with Gasteiger partial charge in [-0.3, -0.25) is 4.79 Å². The van der Waals surface area contributed by atoms with E-state index in [1.807, 2.05) is 0 Å². The van der Waals surface area contributed by atoms with E-state index in [1.165, 1.54) is 32.1 Å². The SMILES string of the molecule is CC(CCC(=O)O)C1CCC2C3CC=C4CC(O)CCC4(C)C3CCC12C.[Ac]. The molecular weight excluding hydrogens is 563 g/mol. The average Bonchev–Trinajstić information content (AvgIpc) is 2.97. The number of aliphatic hydroxyl groups excluding tert-OH is 1. The van der Waals surface area contributed by atoms with Gasteiger partial charge in [0.1, 0.15) is 0 Å². The number of fused-ring (bicyclic) bond motifs is 5. The fraction of sp³-hybridized carbons (Fsp3) is 0.875. The summed E-state index contributed by atoms with van der Waals surface area (Å²) in [5.41, 5.74) is 2.27. The summed E-state index contributed by atoms with van der Waals surface area (Å²) in [5, 5.41) is 19.2. The monoisotopic (exact) mass is 601 g/mol. The normalized spacial score (nSPS) is 45.7. The predicted molar refractivity (Wildman–Crippen MR) is 107 cm³/mol. The van der Waals surface area contributed by atoms with E-state index < -0.39 is 5.97 Å². The number of carboxylic acid groups (broad SMARTS) is 1. The first kappa shape index (κ1) is 23.3. The summed E-state index contributed by atoms with van der Waals surface area (Å²) in [5.74, 6) is 2.94. The van der Waals surface area contributed by atoms with Gasteiger partial charge < -0.3 is 10.2 Å². The number of carboxylic acids is 1. The maximum absolute atomic E-state index is 11.0. The van der Waals surface area contributed by atoms with Crippen LogP contribution in [0.1, 0.15) is 85.0 Å². The van der Waals surface area contributed by atoms with Crippen molar-refractivity contribution in [1.29, 1.82) is 0 Å². The maximum atomic E-state index is 11.0. The Morgan fingerprint density at radius 1 is 1.18 bits per heavy atom. The number of rotatable bonds is 4. The van der Waals surface area contributed by atoms with E-state index in [1.54, 1.807) is 5.57 Å². The van der Waals surface area contributed by atoms with E-state index in [0.717, 1.165) is 43.4 Å². The number of carbonyl (C=O) groups is 1. The summed E-state index contributed by atoms with van der Waals surface area (Å²) in [6.45, 7) is 7.33. The zero-order valence-corrected chi connectivity index (χ0v) is 22.7. The van der Waals surface area contributed by atoms with Crippen molar-refractivity contribution < 1.29 is 59.1 Å². The molecule has 0 heterocycles. The van der Waals surface area contributed by atoms with Crippen molar-refractivity contribution in [2.75, 3.05) is 0 Å². The third-order valence-corrected chi connectivity index (χ3v) is 9.65. The van der Waals surface area contributed by atoms with Crippen molar-refractivity contribution in [1.82, 2.24) is 0 Å². The first-order chi connectivity index (χ1) is 12.8. The smallest absolute Gasteiger partial charge is 0.303 e. The minimum Gasteiger partial charge on any atom is -0.481 e. The van der Waals surface area contributed by atoms with Crippen molar-refractivity contribution >= 4 is 5.97 Å². The molecule has 0 aromatic carbocycles. The van der Waals surface area contributed by atoms with Gasteiger partial charge in [-0.25, -0.2) is 0 Å². The molecule has 155 valence electrons. The molecule has 8 unspecified atom stereocenters. The van der Waals surface area contributed by atoms with E-state index in [-0.39, 0.29) is 50.2 Å². The number of hydrogen-bond donors (Lipinski definition) is 2. The van der Waals surface area contributed by atoms with Crippen LogP contribution < -0.4 is 0 Å². The van der Waals surface area contributed by atoms with Gasteiger partial charge in [-0.2, -0.15) is 0 Å². The Bertz CT molecular complexity index is 631. The third-order valence-electron chi connectivity index (χ3n) is 9.65. The Balaban J connectivity index is 0.00000225. The first-order valence-corrected chi connectivity index (χ1v) is 11.3. The summed E-state index contributed by atoms with van der Waals surface area (Å²) >= 11 is 0. The molecule has 8 atom stereocenters. The molecule has 1 radical (unpaired) electrons. The van der Waals surface area contributed by atoms with Gasteiger partial charge in [0.2, 0.25) is 0 Å². The molecule has 0 aromatic rings. The molecule has 0 bridgehead atoms. The van der Waals surface area contributed by atoms with Crippen LogP contribution in [0.2, 0.25) is 0 Å². The first-order valence-electron chi connectivity index (χ1n) is 11.3. The van der Waals surface area contributed by atoms with Crippen LogP contribution in [0.3, 0.4) is 0 Å². The number of aliphatic carboxylic acids is 1. The third kappa shape index (κ3) is 3.82. The molecule has 28 heavy (non-hydrogen) atoms. The van der Waals surface area contributed by atoms with Gasteiger partial charge in [-0.15, -0.1) is 0 Å². The van der Waals surface area contributed by atoms with Gasteiger partial charge >= 0.3 is 5.97 Å². The van der Waals surface area contributed by atoms with Crippen molar-refractivity contribution in [2.45, 2.75) is 91.1 Å². The van der Waals surface area contributed by atoms with Crippen LogP contribution in [0.5, 0.6) is 0 Å². The van der Waals surface area contributed by atoms with Gasteiger partial charge in [-0.1, -0.05) is 32.4 Å². The Labute approximate surface area is 206 Å². The van der Waals surface area contributed by atoms with E-state index in [0.29, 0.717) is 29.1 Å². The zero-order valence-electron chi connectivity index (χ0n) is 18.0. The van der Waals surface area contributed by atoms with Gasteiger partial charge in [0, 0.05) is 50.5 Å². The number of hydrogen-bond acceptors (Lipinski definition) is 2. The van der Waals surface area contributed by atoms with E-state index in [4.69, 9.17) is 5.11 Å². The Kier molecular flexibility index (Phi) is 7.17. The molecule has 0 saturated heterocycles. The summed E-state index contributed by atoms with van der Waals surface area (Å²) in [7, 11) is 0. The van der Waals surface area contributed by atoms with Gasteiger partial charge in [0.05, 0.1) is 6.10 Å². The van der Waals surface area contributed by atoms with Gasteiger partial charge in [0.25, 0.3) is 0 Å². The van der Waals surface area contributed by atoms with E-state index in [2.05, 4.69) is 26.8 Å². The molecule has 3 nitrogen and oxygen atoms in total. The summed E-state index contributed by atoms with van der Waals surface area (Å²) < 4.78 is 0. The van der Waals surface area contributed by atoms with Crippen molar-refractivity contribution in [2.24, 2.45) is 40.4 Å². The second-order valence-corrected chi connectivity index (χ2v) is 10.8. The molecule has 0 spiro atoms. The molecule has 0 aliphatic heterocycles.